The van der Waals surface area contributed by atoms with Crippen molar-refractivity contribution in [2.45, 2.75) is 31.9 Å². The van der Waals surface area contributed by atoms with Crippen molar-refractivity contribution in [1.29, 1.82) is 0 Å². The van der Waals surface area contributed by atoms with E-state index in [9.17, 15) is 4.79 Å². The molecule has 1 N–H and O–H groups in total. The molecule has 0 spiro atoms. The molecule has 0 aliphatic carbocycles. The lowest BCUT2D eigenvalue weighted by atomic mass is 9.83. The quantitative estimate of drug-likeness (QED) is 0.918. The molecule has 2 rings (SSSR count). The SMILES string of the molecule is COc1cc(CSC)c(-c2ccc[nH]c2=O)cc1C(C)(C)C. The van der Waals surface area contributed by atoms with E-state index >= 15 is 0 Å². The largest absolute Gasteiger partial charge is 0.496 e. The lowest BCUT2D eigenvalue weighted by Gasteiger charge is -2.24. The molecule has 0 atom stereocenters. The summed E-state index contributed by atoms with van der Waals surface area (Å²) in [5.74, 6) is 1.72. The van der Waals surface area contributed by atoms with Gasteiger partial charge in [-0.15, -0.1) is 0 Å². The van der Waals surface area contributed by atoms with Gasteiger partial charge in [-0.25, -0.2) is 0 Å². The Hall–Kier alpha value is -1.68. The molecule has 0 amide bonds. The number of thioether (sulfide) groups is 1. The summed E-state index contributed by atoms with van der Waals surface area (Å²) in [5, 5.41) is 0. The third-order valence-electron chi connectivity index (χ3n) is 3.64. The molecule has 0 fully saturated rings. The van der Waals surface area contributed by atoms with Crippen LogP contribution in [-0.4, -0.2) is 18.3 Å². The third-order valence-corrected chi connectivity index (χ3v) is 4.24. The Morgan fingerprint density at radius 2 is 1.95 bits per heavy atom. The van der Waals surface area contributed by atoms with Crippen LogP contribution in [0, 0.1) is 0 Å². The zero-order valence-electron chi connectivity index (χ0n) is 13.8. The number of nitrogens with one attached hydrogen (secondary N) is 1. The van der Waals surface area contributed by atoms with Gasteiger partial charge in [0.1, 0.15) is 5.75 Å². The average molecular weight is 317 g/mol. The van der Waals surface area contributed by atoms with E-state index < -0.39 is 0 Å². The molecule has 0 bridgehead atoms. The van der Waals surface area contributed by atoms with Crippen LogP contribution in [0.1, 0.15) is 31.9 Å². The number of aromatic nitrogens is 1. The predicted octanol–water partition coefficient (Wildman–Crippen LogP) is 4.21. The minimum absolute atomic E-state index is 0.0560. The minimum Gasteiger partial charge on any atom is -0.496 e. The van der Waals surface area contributed by atoms with Crippen molar-refractivity contribution < 1.29 is 4.74 Å². The summed E-state index contributed by atoms with van der Waals surface area (Å²) in [5.41, 5.74) is 3.81. The zero-order valence-corrected chi connectivity index (χ0v) is 14.6. The molecule has 1 aromatic heterocycles. The van der Waals surface area contributed by atoms with Gasteiger partial charge in [0, 0.05) is 23.1 Å². The number of methoxy groups -OCH3 is 1. The Labute approximate surface area is 136 Å². The summed E-state index contributed by atoms with van der Waals surface area (Å²) in [7, 11) is 1.70. The topological polar surface area (TPSA) is 42.1 Å². The predicted molar refractivity (Wildman–Crippen MR) is 95.0 cm³/mol. The van der Waals surface area contributed by atoms with Gasteiger partial charge in [-0.1, -0.05) is 20.8 Å². The van der Waals surface area contributed by atoms with E-state index in [0.29, 0.717) is 5.56 Å². The summed E-state index contributed by atoms with van der Waals surface area (Å²) in [6.07, 6.45) is 3.72. The first-order chi connectivity index (χ1) is 10.4. The van der Waals surface area contributed by atoms with E-state index in [2.05, 4.69) is 44.1 Å². The maximum Gasteiger partial charge on any atom is 0.255 e. The molecular weight excluding hydrogens is 294 g/mol. The minimum atomic E-state index is -0.0603. The van der Waals surface area contributed by atoms with Gasteiger partial charge in [-0.2, -0.15) is 11.8 Å². The van der Waals surface area contributed by atoms with Gasteiger partial charge in [0.2, 0.25) is 0 Å². The number of H-pyrrole nitrogens is 1. The van der Waals surface area contributed by atoms with Crippen LogP contribution in [0.15, 0.2) is 35.3 Å². The number of pyridine rings is 1. The summed E-state index contributed by atoms with van der Waals surface area (Å²) < 4.78 is 5.58. The van der Waals surface area contributed by atoms with Crippen LogP contribution in [0.3, 0.4) is 0 Å². The Kier molecular flexibility index (Phi) is 5.01. The van der Waals surface area contributed by atoms with E-state index in [1.54, 1.807) is 25.1 Å². The second-order valence-corrected chi connectivity index (χ2v) is 7.17. The van der Waals surface area contributed by atoms with Crippen LogP contribution in [0.25, 0.3) is 11.1 Å². The third kappa shape index (κ3) is 3.38. The fourth-order valence-electron chi connectivity index (χ4n) is 2.54. The van der Waals surface area contributed by atoms with Gasteiger partial charge < -0.3 is 9.72 Å². The second-order valence-electron chi connectivity index (χ2n) is 6.31. The highest BCUT2D eigenvalue weighted by molar-refractivity contribution is 7.97. The van der Waals surface area contributed by atoms with Crippen molar-refractivity contribution in [2.24, 2.45) is 0 Å². The molecule has 0 unspecified atom stereocenters. The molecule has 0 aliphatic heterocycles. The van der Waals surface area contributed by atoms with Gasteiger partial charge in [0.15, 0.2) is 0 Å². The molecule has 1 heterocycles. The summed E-state index contributed by atoms with van der Waals surface area (Å²) in [6.45, 7) is 6.45. The Morgan fingerprint density at radius 3 is 2.50 bits per heavy atom. The molecule has 0 saturated carbocycles. The zero-order chi connectivity index (χ0) is 16.3. The van der Waals surface area contributed by atoms with Gasteiger partial charge in [-0.3, -0.25) is 4.79 Å². The van der Waals surface area contributed by atoms with Crippen molar-refractivity contribution in [3.05, 3.63) is 51.9 Å². The summed E-state index contributed by atoms with van der Waals surface area (Å²) in [4.78, 5) is 15.0. The molecular formula is C18H23NO2S. The summed E-state index contributed by atoms with van der Waals surface area (Å²) >= 11 is 1.73. The van der Waals surface area contributed by atoms with E-state index in [0.717, 1.165) is 28.2 Å². The van der Waals surface area contributed by atoms with Gasteiger partial charge in [0.25, 0.3) is 5.56 Å². The molecule has 4 heteroatoms. The molecule has 22 heavy (non-hydrogen) atoms. The first-order valence-electron chi connectivity index (χ1n) is 7.27. The Bertz CT molecular complexity index is 714. The average Bonchev–Trinajstić information content (AvgIpc) is 2.47. The highest BCUT2D eigenvalue weighted by atomic mass is 32.2. The van der Waals surface area contributed by atoms with Crippen molar-refractivity contribution in [1.82, 2.24) is 4.98 Å². The molecule has 118 valence electrons. The van der Waals surface area contributed by atoms with Gasteiger partial charge >= 0.3 is 0 Å². The maximum atomic E-state index is 12.2. The van der Waals surface area contributed by atoms with Crippen molar-refractivity contribution in [2.75, 3.05) is 13.4 Å². The number of hydrogen-bond acceptors (Lipinski definition) is 3. The number of hydrogen-bond donors (Lipinski definition) is 1. The lowest BCUT2D eigenvalue weighted by Crippen LogP contribution is -2.15. The standard InChI is InChI=1S/C18H23NO2S/c1-18(2,3)15-10-14(13-7-6-8-19-17(13)20)12(11-22-5)9-16(15)21-4/h6-10H,11H2,1-5H3,(H,19,20). The molecule has 3 nitrogen and oxygen atoms in total. The fourth-order valence-corrected chi connectivity index (χ4v) is 3.09. The van der Waals surface area contributed by atoms with E-state index in [-0.39, 0.29) is 11.0 Å². The monoisotopic (exact) mass is 317 g/mol. The Balaban J connectivity index is 2.76. The molecule has 1 aromatic carbocycles. The van der Waals surface area contributed by atoms with Crippen LogP contribution in [0.2, 0.25) is 0 Å². The molecule has 2 aromatic rings. The number of ether oxygens (including phenoxy) is 1. The first-order valence-corrected chi connectivity index (χ1v) is 8.66. The van der Waals surface area contributed by atoms with Crippen molar-refractivity contribution in [3.63, 3.8) is 0 Å². The van der Waals surface area contributed by atoms with Crippen LogP contribution in [0.4, 0.5) is 0 Å². The van der Waals surface area contributed by atoms with Crippen LogP contribution < -0.4 is 10.3 Å². The first kappa shape index (κ1) is 16.7. The highest BCUT2D eigenvalue weighted by Gasteiger charge is 2.22. The second kappa shape index (κ2) is 6.61. The van der Waals surface area contributed by atoms with Crippen LogP contribution >= 0.6 is 11.8 Å². The fraction of sp³-hybridized carbons (Fsp3) is 0.389. The lowest BCUT2D eigenvalue weighted by molar-refractivity contribution is 0.397. The van der Waals surface area contributed by atoms with E-state index in [1.165, 1.54) is 0 Å². The normalized spacial score (nSPS) is 11.5. The van der Waals surface area contributed by atoms with Crippen LogP contribution in [-0.2, 0) is 11.2 Å². The number of aromatic amines is 1. The maximum absolute atomic E-state index is 12.2. The van der Waals surface area contributed by atoms with E-state index in [1.807, 2.05) is 12.1 Å². The summed E-state index contributed by atoms with van der Waals surface area (Å²) in [6, 6.07) is 7.91. The van der Waals surface area contributed by atoms with Gasteiger partial charge in [-0.05, 0) is 47.1 Å². The van der Waals surface area contributed by atoms with Crippen molar-refractivity contribution in [3.8, 4) is 16.9 Å². The molecule has 0 aliphatic rings. The molecule has 0 radical (unpaired) electrons. The number of benzene rings is 1. The van der Waals surface area contributed by atoms with Crippen molar-refractivity contribution >= 4 is 11.8 Å². The smallest absolute Gasteiger partial charge is 0.255 e. The van der Waals surface area contributed by atoms with E-state index in [4.69, 9.17) is 4.74 Å². The molecule has 0 saturated heterocycles. The number of rotatable bonds is 4. The Morgan fingerprint density at radius 1 is 1.23 bits per heavy atom. The highest BCUT2D eigenvalue weighted by Crippen LogP contribution is 2.37. The van der Waals surface area contributed by atoms with Gasteiger partial charge in [0.05, 0.1) is 7.11 Å². The van der Waals surface area contributed by atoms with Crippen LogP contribution in [0.5, 0.6) is 5.75 Å².